The van der Waals surface area contributed by atoms with Crippen LogP contribution in [0.2, 0.25) is 0 Å². The molecular formula is C57H35N3O2. The maximum atomic E-state index is 6.56. The van der Waals surface area contributed by atoms with Crippen LogP contribution in [0, 0.1) is 0 Å². The number of fused-ring (bicyclic) bond motifs is 6. The largest absolute Gasteiger partial charge is 0.456 e. The first-order valence-corrected chi connectivity index (χ1v) is 20.8. The first-order valence-electron chi connectivity index (χ1n) is 20.8. The Hall–Kier alpha value is -8.41. The van der Waals surface area contributed by atoms with Gasteiger partial charge in [-0.1, -0.05) is 176 Å². The highest BCUT2D eigenvalue weighted by atomic mass is 16.3. The van der Waals surface area contributed by atoms with Crippen molar-refractivity contribution >= 4 is 43.9 Å². The SMILES string of the molecule is c1ccc(-c2ccc(-c3ccccc3-c3ccc4oc5cccc(-c6nc(-c7ccccc7)nc(-c7cccc8oc9ccc(-c%10ccccc%10)cc9c78)n6)c5c4c3)cc2)cc1. The van der Waals surface area contributed by atoms with E-state index in [1.165, 1.54) is 11.1 Å². The molecule has 3 heterocycles. The predicted molar refractivity (Wildman–Crippen MR) is 252 cm³/mol. The summed E-state index contributed by atoms with van der Waals surface area (Å²) >= 11 is 0. The molecule has 3 aromatic heterocycles. The van der Waals surface area contributed by atoms with Crippen molar-refractivity contribution in [2.75, 3.05) is 0 Å². The van der Waals surface area contributed by atoms with Crippen LogP contribution in [0.3, 0.4) is 0 Å². The summed E-state index contributed by atoms with van der Waals surface area (Å²) in [5, 5.41) is 3.90. The molecular weight excluding hydrogens is 759 g/mol. The van der Waals surface area contributed by atoms with Gasteiger partial charge in [-0.3, -0.25) is 0 Å². The summed E-state index contributed by atoms with van der Waals surface area (Å²) in [7, 11) is 0. The second-order valence-corrected chi connectivity index (χ2v) is 15.5. The Morgan fingerprint density at radius 2 is 0.629 bits per heavy atom. The van der Waals surface area contributed by atoms with E-state index in [1.807, 2.05) is 66.7 Å². The Balaban J connectivity index is 1.03. The molecule has 0 saturated heterocycles. The molecule has 0 unspecified atom stereocenters. The van der Waals surface area contributed by atoms with Gasteiger partial charge in [0.15, 0.2) is 17.5 Å². The Kier molecular flexibility index (Phi) is 8.42. The summed E-state index contributed by atoms with van der Waals surface area (Å²) in [4.78, 5) is 15.7. The Morgan fingerprint density at radius 1 is 0.242 bits per heavy atom. The van der Waals surface area contributed by atoms with Crippen LogP contribution in [0.4, 0.5) is 0 Å². The molecule has 12 aromatic rings. The van der Waals surface area contributed by atoms with Crippen LogP contribution < -0.4 is 0 Å². The van der Waals surface area contributed by atoms with E-state index in [9.17, 15) is 0 Å². The molecule has 5 nitrogen and oxygen atoms in total. The first kappa shape index (κ1) is 35.5. The fourth-order valence-corrected chi connectivity index (χ4v) is 8.80. The lowest BCUT2D eigenvalue weighted by atomic mass is 9.92. The minimum Gasteiger partial charge on any atom is -0.456 e. The van der Waals surface area contributed by atoms with Gasteiger partial charge in [-0.2, -0.15) is 0 Å². The van der Waals surface area contributed by atoms with Crippen molar-refractivity contribution in [2.45, 2.75) is 0 Å². The second-order valence-electron chi connectivity index (χ2n) is 15.5. The highest BCUT2D eigenvalue weighted by Crippen LogP contribution is 2.42. The van der Waals surface area contributed by atoms with Gasteiger partial charge >= 0.3 is 0 Å². The molecule has 0 aliphatic rings. The van der Waals surface area contributed by atoms with Crippen molar-refractivity contribution in [1.82, 2.24) is 15.0 Å². The van der Waals surface area contributed by atoms with Crippen molar-refractivity contribution in [1.29, 1.82) is 0 Å². The van der Waals surface area contributed by atoms with Crippen LogP contribution in [0.1, 0.15) is 0 Å². The van der Waals surface area contributed by atoms with Crippen molar-refractivity contribution in [2.24, 2.45) is 0 Å². The van der Waals surface area contributed by atoms with E-state index in [0.29, 0.717) is 17.5 Å². The van der Waals surface area contributed by atoms with E-state index < -0.39 is 0 Å². The average molecular weight is 794 g/mol. The highest BCUT2D eigenvalue weighted by molar-refractivity contribution is 6.14. The summed E-state index contributed by atoms with van der Waals surface area (Å²) in [6.07, 6.45) is 0. The minimum atomic E-state index is 0.557. The van der Waals surface area contributed by atoms with Crippen molar-refractivity contribution in [3.8, 4) is 78.7 Å². The van der Waals surface area contributed by atoms with Gasteiger partial charge in [-0.25, -0.2) is 15.0 Å². The molecule has 0 radical (unpaired) electrons. The van der Waals surface area contributed by atoms with E-state index in [4.69, 9.17) is 23.8 Å². The molecule has 0 amide bonds. The van der Waals surface area contributed by atoms with E-state index >= 15 is 0 Å². The van der Waals surface area contributed by atoms with Gasteiger partial charge in [-0.05, 0) is 80.9 Å². The quantitative estimate of drug-likeness (QED) is 0.161. The maximum Gasteiger partial charge on any atom is 0.164 e. The maximum absolute atomic E-state index is 6.56. The molecule has 0 bridgehead atoms. The summed E-state index contributed by atoms with van der Waals surface area (Å²) in [6.45, 7) is 0. The lowest BCUT2D eigenvalue weighted by Gasteiger charge is -2.12. The van der Waals surface area contributed by atoms with Gasteiger partial charge < -0.3 is 8.83 Å². The standard InChI is InChI=1S/C57H35N3O2/c1-4-14-36(15-5-1)38-26-28-39(29-27-38)43-20-10-11-21-44(43)42-31-33-50-48(35-42)54-46(23-13-25-52(54)62-50)57-59-55(40-18-8-3-9-19-40)58-56(60-57)45-22-12-24-51-53(45)47-34-41(30-32-49(47)61-51)37-16-6-2-7-17-37/h1-35H. The van der Waals surface area contributed by atoms with E-state index in [0.717, 1.165) is 93.9 Å². The first-order chi connectivity index (χ1) is 30.7. The summed E-state index contributed by atoms with van der Waals surface area (Å²) < 4.78 is 13.0. The zero-order chi connectivity index (χ0) is 41.0. The molecule has 9 aromatic carbocycles. The Bertz CT molecular complexity index is 3610. The van der Waals surface area contributed by atoms with Crippen molar-refractivity contribution in [3.63, 3.8) is 0 Å². The summed E-state index contributed by atoms with van der Waals surface area (Å²) in [6, 6.07) is 73.4. The van der Waals surface area contributed by atoms with Gasteiger partial charge in [0.25, 0.3) is 0 Å². The summed E-state index contributed by atoms with van der Waals surface area (Å²) in [5.74, 6) is 1.70. The van der Waals surface area contributed by atoms with Gasteiger partial charge in [0.2, 0.25) is 0 Å². The van der Waals surface area contributed by atoms with Gasteiger partial charge in [0.05, 0.1) is 0 Å². The molecule has 5 heteroatoms. The number of rotatable bonds is 7. The van der Waals surface area contributed by atoms with Gasteiger partial charge in [0.1, 0.15) is 22.3 Å². The normalized spacial score (nSPS) is 11.5. The molecule has 62 heavy (non-hydrogen) atoms. The van der Waals surface area contributed by atoms with Crippen LogP contribution in [-0.2, 0) is 0 Å². The van der Waals surface area contributed by atoms with Gasteiger partial charge in [-0.15, -0.1) is 0 Å². The number of hydrogen-bond donors (Lipinski definition) is 0. The zero-order valence-electron chi connectivity index (χ0n) is 33.4. The fraction of sp³-hybridized carbons (Fsp3) is 0. The molecule has 0 saturated carbocycles. The van der Waals surface area contributed by atoms with E-state index in [-0.39, 0.29) is 0 Å². The smallest absolute Gasteiger partial charge is 0.164 e. The lowest BCUT2D eigenvalue weighted by molar-refractivity contribution is 0.668. The minimum absolute atomic E-state index is 0.557. The van der Waals surface area contributed by atoms with E-state index in [2.05, 4.69) is 146 Å². The monoisotopic (exact) mass is 793 g/mol. The molecule has 0 fully saturated rings. The second kappa shape index (κ2) is 14.7. The number of benzene rings is 9. The van der Waals surface area contributed by atoms with Crippen LogP contribution in [0.25, 0.3) is 123 Å². The number of furan rings is 2. The predicted octanol–water partition coefficient (Wildman–Crippen LogP) is 15.3. The number of nitrogens with zero attached hydrogens (tertiary/aromatic N) is 3. The Morgan fingerprint density at radius 3 is 1.19 bits per heavy atom. The third-order valence-electron chi connectivity index (χ3n) is 11.8. The highest BCUT2D eigenvalue weighted by Gasteiger charge is 2.21. The van der Waals surface area contributed by atoms with Crippen molar-refractivity contribution < 1.29 is 8.83 Å². The van der Waals surface area contributed by atoms with Gasteiger partial charge in [0, 0.05) is 38.2 Å². The molecule has 0 atom stereocenters. The molecule has 0 aliphatic carbocycles. The molecule has 0 aliphatic heterocycles. The fourth-order valence-electron chi connectivity index (χ4n) is 8.80. The van der Waals surface area contributed by atoms with Crippen LogP contribution in [0.15, 0.2) is 221 Å². The molecule has 12 rings (SSSR count). The topological polar surface area (TPSA) is 65.0 Å². The third kappa shape index (κ3) is 6.14. The lowest BCUT2D eigenvalue weighted by Crippen LogP contribution is -2.00. The van der Waals surface area contributed by atoms with Crippen LogP contribution >= 0.6 is 0 Å². The van der Waals surface area contributed by atoms with Crippen LogP contribution in [0.5, 0.6) is 0 Å². The number of aromatic nitrogens is 3. The average Bonchev–Trinajstić information content (AvgIpc) is 3.93. The van der Waals surface area contributed by atoms with Crippen LogP contribution in [-0.4, -0.2) is 15.0 Å². The zero-order valence-corrected chi connectivity index (χ0v) is 33.4. The third-order valence-corrected chi connectivity index (χ3v) is 11.8. The molecule has 290 valence electrons. The van der Waals surface area contributed by atoms with E-state index in [1.54, 1.807) is 0 Å². The van der Waals surface area contributed by atoms with Crippen molar-refractivity contribution in [3.05, 3.63) is 212 Å². The summed E-state index contributed by atoms with van der Waals surface area (Å²) in [5.41, 5.74) is 14.9. The number of hydrogen-bond acceptors (Lipinski definition) is 5. The molecule has 0 N–H and O–H groups in total. The molecule has 0 spiro atoms. The Labute approximate surface area is 357 Å².